The summed E-state index contributed by atoms with van der Waals surface area (Å²) in [6.45, 7) is 0. The third-order valence-corrected chi connectivity index (χ3v) is 2.46. The van der Waals surface area contributed by atoms with Crippen LogP contribution in [0.1, 0.15) is 12.8 Å². The van der Waals surface area contributed by atoms with Crippen LogP contribution in [0.15, 0.2) is 16.7 Å². The smallest absolute Gasteiger partial charge is 0.152 e. The van der Waals surface area contributed by atoms with Crippen molar-refractivity contribution in [3.8, 4) is 5.75 Å². The number of ether oxygens (including phenoxy) is 1. The highest BCUT2D eigenvalue weighted by Crippen LogP contribution is 2.31. The van der Waals surface area contributed by atoms with Crippen LogP contribution in [0.5, 0.6) is 5.75 Å². The van der Waals surface area contributed by atoms with Crippen LogP contribution in [-0.2, 0) is 0 Å². The van der Waals surface area contributed by atoms with Gasteiger partial charge in [-0.2, -0.15) is 0 Å². The third-order valence-electron chi connectivity index (χ3n) is 1.89. The summed E-state index contributed by atoms with van der Waals surface area (Å²) in [6.07, 6.45) is 2.75. The molecule has 1 aromatic heterocycles. The predicted octanol–water partition coefficient (Wildman–Crippen LogP) is 2.43. The van der Waals surface area contributed by atoms with Gasteiger partial charge in [0, 0.05) is 7.05 Å². The molecule has 1 aliphatic carbocycles. The molecule has 13 heavy (non-hydrogen) atoms. The first-order chi connectivity index (χ1) is 6.29. The number of halogens is 1. The molecular formula is C9H11BrN2O. The summed E-state index contributed by atoms with van der Waals surface area (Å²) in [7, 11) is 1.84. The van der Waals surface area contributed by atoms with E-state index in [1.54, 1.807) is 0 Å². The topological polar surface area (TPSA) is 34.1 Å². The minimum Gasteiger partial charge on any atom is -0.488 e. The highest BCUT2D eigenvalue weighted by Gasteiger charge is 2.24. The number of rotatable bonds is 3. The summed E-state index contributed by atoms with van der Waals surface area (Å²) < 4.78 is 6.39. The molecule has 0 bridgehead atoms. The summed E-state index contributed by atoms with van der Waals surface area (Å²) in [5.41, 5.74) is 0. The van der Waals surface area contributed by atoms with Crippen molar-refractivity contribution in [1.29, 1.82) is 0 Å². The zero-order chi connectivity index (χ0) is 9.26. The number of hydrogen-bond acceptors (Lipinski definition) is 3. The Balaban J connectivity index is 2.15. The quantitative estimate of drug-likeness (QED) is 0.828. The van der Waals surface area contributed by atoms with Crippen molar-refractivity contribution in [3.05, 3.63) is 16.7 Å². The maximum absolute atomic E-state index is 5.62. The monoisotopic (exact) mass is 242 g/mol. The van der Waals surface area contributed by atoms with Crippen LogP contribution in [0.4, 0.5) is 5.82 Å². The molecule has 1 saturated carbocycles. The molecule has 1 N–H and O–H groups in total. The van der Waals surface area contributed by atoms with E-state index in [-0.39, 0.29) is 0 Å². The second kappa shape index (κ2) is 3.54. The van der Waals surface area contributed by atoms with Gasteiger partial charge < -0.3 is 10.1 Å². The minimum atomic E-state index is 0.415. The molecule has 1 aliphatic rings. The Morgan fingerprint density at radius 3 is 2.85 bits per heavy atom. The van der Waals surface area contributed by atoms with Crippen molar-refractivity contribution in [1.82, 2.24) is 4.98 Å². The molecule has 3 nitrogen and oxygen atoms in total. The lowest BCUT2D eigenvalue weighted by atomic mass is 10.4. The second-order valence-corrected chi connectivity index (χ2v) is 3.80. The van der Waals surface area contributed by atoms with Gasteiger partial charge in [0.1, 0.15) is 10.4 Å². The molecule has 4 heteroatoms. The van der Waals surface area contributed by atoms with Crippen molar-refractivity contribution in [2.45, 2.75) is 18.9 Å². The lowest BCUT2D eigenvalue weighted by molar-refractivity contribution is 0.300. The fraction of sp³-hybridized carbons (Fsp3) is 0.444. The number of aromatic nitrogens is 1. The van der Waals surface area contributed by atoms with Crippen molar-refractivity contribution in [2.24, 2.45) is 0 Å². The van der Waals surface area contributed by atoms with Crippen LogP contribution in [0.3, 0.4) is 0 Å². The van der Waals surface area contributed by atoms with Crippen LogP contribution < -0.4 is 10.1 Å². The first-order valence-corrected chi connectivity index (χ1v) is 5.10. The van der Waals surface area contributed by atoms with E-state index >= 15 is 0 Å². The molecule has 0 aromatic carbocycles. The molecule has 1 fully saturated rings. The van der Waals surface area contributed by atoms with Gasteiger partial charge in [0.2, 0.25) is 0 Å². The lowest BCUT2D eigenvalue weighted by Gasteiger charge is -2.07. The van der Waals surface area contributed by atoms with Gasteiger partial charge in [-0.3, -0.25) is 0 Å². The largest absolute Gasteiger partial charge is 0.488 e. The van der Waals surface area contributed by atoms with Gasteiger partial charge in [0.15, 0.2) is 5.75 Å². The van der Waals surface area contributed by atoms with Gasteiger partial charge in [-0.1, -0.05) is 0 Å². The second-order valence-electron chi connectivity index (χ2n) is 3.05. The van der Waals surface area contributed by atoms with Crippen LogP contribution in [0, 0.1) is 0 Å². The van der Waals surface area contributed by atoms with Crippen molar-refractivity contribution < 1.29 is 4.74 Å². The average molecular weight is 243 g/mol. The Morgan fingerprint density at radius 1 is 1.54 bits per heavy atom. The summed E-state index contributed by atoms with van der Waals surface area (Å²) >= 11 is 3.37. The molecule has 2 rings (SSSR count). The van der Waals surface area contributed by atoms with Crippen LogP contribution in [0.2, 0.25) is 0 Å². The Bertz CT molecular complexity index is 312. The summed E-state index contributed by atoms with van der Waals surface area (Å²) in [5.74, 6) is 1.68. The van der Waals surface area contributed by atoms with E-state index in [2.05, 4.69) is 26.2 Å². The van der Waals surface area contributed by atoms with E-state index in [0.29, 0.717) is 6.10 Å². The fourth-order valence-electron chi connectivity index (χ4n) is 1.01. The molecule has 0 aliphatic heterocycles. The highest BCUT2D eigenvalue weighted by atomic mass is 79.9. The van der Waals surface area contributed by atoms with Gasteiger partial charge in [0.25, 0.3) is 0 Å². The summed E-state index contributed by atoms with van der Waals surface area (Å²) in [4.78, 5) is 4.25. The predicted molar refractivity (Wildman–Crippen MR) is 55.1 cm³/mol. The zero-order valence-electron chi connectivity index (χ0n) is 7.38. The fourth-order valence-corrected chi connectivity index (χ4v) is 1.43. The van der Waals surface area contributed by atoms with Gasteiger partial charge in [-0.25, -0.2) is 4.98 Å². The van der Waals surface area contributed by atoms with E-state index in [0.717, 1.165) is 16.2 Å². The SMILES string of the molecule is CNc1ccc(OC2CC2)c(Br)n1. The van der Waals surface area contributed by atoms with Gasteiger partial charge in [-0.15, -0.1) is 0 Å². The van der Waals surface area contributed by atoms with E-state index in [1.807, 2.05) is 19.2 Å². The van der Waals surface area contributed by atoms with Crippen LogP contribution in [0.25, 0.3) is 0 Å². The van der Waals surface area contributed by atoms with Crippen LogP contribution in [-0.4, -0.2) is 18.1 Å². The van der Waals surface area contributed by atoms with Crippen LogP contribution >= 0.6 is 15.9 Å². The lowest BCUT2D eigenvalue weighted by Crippen LogP contribution is -1.99. The van der Waals surface area contributed by atoms with Gasteiger partial charge in [-0.05, 0) is 40.9 Å². The number of anilines is 1. The number of pyridine rings is 1. The minimum absolute atomic E-state index is 0.415. The molecule has 0 radical (unpaired) electrons. The number of nitrogens with one attached hydrogen (secondary N) is 1. The molecule has 70 valence electrons. The Hall–Kier alpha value is -0.770. The van der Waals surface area contributed by atoms with Crippen molar-refractivity contribution in [3.63, 3.8) is 0 Å². The molecule has 1 heterocycles. The molecule has 0 unspecified atom stereocenters. The summed E-state index contributed by atoms with van der Waals surface area (Å²) in [5, 5.41) is 2.97. The molecule has 0 amide bonds. The molecule has 0 spiro atoms. The van der Waals surface area contributed by atoms with E-state index < -0.39 is 0 Å². The molecule has 0 atom stereocenters. The summed E-state index contributed by atoms with van der Waals surface area (Å²) in [6, 6.07) is 3.84. The number of hydrogen-bond donors (Lipinski definition) is 1. The highest BCUT2D eigenvalue weighted by molar-refractivity contribution is 9.10. The Labute approximate surface area is 85.6 Å². The van der Waals surface area contributed by atoms with Gasteiger partial charge in [0.05, 0.1) is 6.10 Å². The van der Waals surface area contributed by atoms with E-state index in [4.69, 9.17) is 4.74 Å². The molecule has 0 saturated heterocycles. The molecular weight excluding hydrogens is 232 g/mol. The normalized spacial score (nSPS) is 15.5. The third kappa shape index (κ3) is 2.12. The first kappa shape index (κ1) is 8.81. The first-order valence-electron chi connectivity index (χ1n) is 4.30. The number of nitrogens with zero attached hydrogens (tertiary/aromatic N) is 1. The maximum Gasteiger partial charge on any atom is 0.152 e. The van der Waals surface area contributed by atoms with E-state index in [1.165, 1.54) is 12.8 Å². The molecule has 1 aromatic rings. The van der Waals surface area contributed by atoms with E-state index in [9.17, 15) is 0 Å². The Kier molecular flexibility index (Phi) is 2.40. The van der Waals surface area contributed by atoms with Gasteiger partial charge >= 0.3 is 0 Å². The van der Waals surface area contributed by atoms with Crippen molar-refractivity contribution >= 4 is 21.7 Å². The average Bonchev–Trinajstić information content (AvgIpc) is 2.92. The van der Waals surface area contributed by atoms with Crippen molar-refractivity contribution in [2.75, 3.05) is 12.4 Å². The zero-order valence-corrected chi connectivity index (χ0v) is 8.97. The Morgan fingerprint density at radius 2 is 2.31 bits per heavy atom. The standard InChI is InChI=1S/C9H11BrN2O/c1-11-8-5-4-7(9(10)12-8)13-6-2-3-6/h4-6H,2-3H2,1H3,(H,11,12). The maximum atomic E-state index is 5.62.